The van der Waals surface area contributed by atoms with E-state index in [2.05, 4.69) is 65.1 Å². The average molecular weight is 284 g/mol. The first-order valence-electron chi connectivity index (χ1n) is 6.01. The first-order valence-corrected chi connectivity index (χ1v) is 7.13. The van der Waals surface area contributed by atoms with Crippen molar-refractivity contribution in [1.82, 2.24) is 4.90 Å². The van der Waals surface area contributed by atoms with Gasteiger partial charge in [-0.1, -0.05) is 53.2 Å². The van der Waals surface area contributed by atoms with E-state index in [9.17, 15) is 0 Å². The van der Waals surface area contributed by atoms with Crippen LogP contribution >= 0.6 is 15.9 Å². The fourth-order valence-electron chi connectivity index (χ4n) is 1.75. The second-order valence-electron chi connectivity index (χ2n) is 4.59. The number of rotatable bonds is 7. The number of benzene rings is 1. The van der Waals surface area contributed by atoms with Crippen molar-refractivity contribution in [2.75, 3.05) is 18.9 Å². The van der Waals surface area contributed by atoms with Gasteiger partial charge in [0.2, 0.25) is 0 Å². The molecule has 0 aliphatic heterocycles. The molecule has 1 aromatic carbocycles. The molecule has 0 fully saturated rings. The Balaban J connectivity index is 2.23. The van der Waals surface area contributed by atoms with Crippen LogP contribution in [0.1, 0.15) is 25.3 Å². The van der Waals surface area contributed by atoms with E-state index in [4.69, 9.17) is 0 Å². The van der Waals surface area contributed by atoms with Crippen molar-refractivity contribution in [2.24, 2.45) is 5.92 Å². The lowest BCUT2D eigenvalue weighted by Gasteiger charge is -2.19. The van der Waals surface area contributed by atoms with E-state index < -0.39 is 0 Å². The molecule has 0 saturated carbocycles. The van der Waals surface area contributed by atoms with Gasteiger partial charge in [-0.25, -0.2) is 0 Å². The van der Waals surface area contributed by atoms with E-state index in [-0.39, 0.29) is 0 Å². The molecular formula is C14H22BrN. The molecule has 0 aliphatic rings. The lowest BCUT2D eigenvalue weighted by molar-refractivity contribution is 0.297. The fraction of sp³-hybridized carbons (Fsp3) is 0.571. The minimum absolute atomic E-state index is 0.817. The van der Waals surface area contributed by atoms with E-state index >= 15 is 0 Å². The Labute approximate surface area is 108 Å². The van der Waals surface area contributed by atoms with Crippen molar-refractivity contribution in [2.45, 2.75) is 26.3 Å². The lowest BCUT2D eigenvalue weighted by Crippen LogP contribution is -2.20. The highest BCUT2D eigenvalue weighted by Crippen LogP contribution is 2.11. The molecule has 0 aromatic heterocycles. The minimum Gasteiger partial charge on any atom is -0.302 e. The highest BCUT2D eigenvalue weighted by Gasteiger charge is 2.04. The van der Waals surface area contributed by atoms with Gasteiger partial charge < -0.3 is 4.90 Å². The van der Waals surface area contributed by atoms with Crippen LogP contribution in [0.4, 0.5) is 0 Å². The van der Waals surface area contributed by atoms with Gasteiger partial charge in [0.1, 0.15) is 0 Å². The van der Waals surface area contributed by atoms with Gasteiger partial charge in [0.25, 0.3) is 0 Å². The van der Waals surface area contributed by atoms with Crippen LogP contribution in [0.25, 0.3) is 0 Å². The fourth-order valence-corrected chi connectivity index (χ4v) is 2.53. The first-order chi connectivity index (χ1) is 7.72. The van der Waals surface area contributed by atoms with E-state index in [1.54, 1.807) is 0 Å². The SMILES string of the molecule is CC(CCBr)CCN(C)Cc1ccccc1. The average Bonchev–Trinajstić information content (AvgIpc) is 2.28. The monoisotopic (exact) mass is 283 g/mol. The highest BCUT2D eigenvalue weighted by molar-refractivity contribution is 9.09. The molecule has 90 valence electrons. The molecule has 0 amide bonds. The lowest BCUT2D eigenvalue weighted by atomic mass is 10.1. The third kappa shape index (κ3) is 5.66. The normalized spacial score (nSPS) is 13.0. The number of halogens is 1. The smallest absolute Gasteiger partial charge is 0.0230 e. The maximum atomic E-state index is 3.50. The summed E-state index contributed by atoms with van der Waals surface area (Å²) < 4.78 is 0. The van der Waals surface area contributed by atoms with Crippen LogP contribution in [0.2, 0.25) is 0 Å². The second-order valence-corrected chi connectivity index (χ2v) is 5.39. The summed E-state index contributed by atoms with van der Waals surface area (Å²) in [6.07, 6.45) is 2.56. The Hall–Kier alpha value is -0.340. The molecule has 0 radical (unpaired) electrons. The standard InChI is InChI=1S/C14H22BrN/c1-13(8-10-15)9-11-16(2)12-14-6-4-3-5-7-14/h3-7,13H,8-12H2,1-2H3. The van der Waals surface area contributed by atoms with Crippen LogP contribution < -0.4 is 0 Å². The quantitative estimate of drug-likeness (QED) is 0.686. The van der Waals surface area contributed by atoms with Crippen LogP contribution in [0.3, 0.4) is 0 Å². The van der Waals surface area contributed by atoms with Gasteiger partial charge in [0, 0.05) is 11.9 Å². The summed E-state index contributed by atoms with van der Waals surface area (Å²) in [7, 11) is 2.20. The Morgan fingerprint density at radius 2 is 1.88 bits per heavy atom. The molecule has 0 aliphatic carbocycles. The van der Waals surface area contributed by atoms with Crippen LogP contribution in [0.5, 0.6) is 0 Å². The molecule has 1 atom stereocenters. The van der Waals surface area contributed by atoms with E-state index in [0.29, 0.717) is 0 Å². The molecule has 1 aromatic rings. The summed E-state index contributed by atoms with van der Waals surface area (Å²) in [5, 5.41) is 1.12. The number of hydrogen-bond acceptors (Lipinski definition) is 1. The van der Waals surface area contributed by atoms with Gasteiger partial charge in [-0.15, -0.1) is 0 Å². The van der Waals surface area contributed by atoms with Gasteiger partial charge in [0.15, 0.2) is 0 Å². The predicted octanol–water partition coefficient (Wildman–Crippen LogP) is 3.93. The van der Waals surface area contributed by atoms with Crippen LogP contribution in [-0.4, -0.2) is 23.8 Å². The first kappa shape index (κ1) is 13.7. The Morgan fingerprint density at radius 3 is 2.50 bits per heavy atom. The summed E-state index contributed by atoms with van der Waals surface area (Å²) in [4.78, 5) is 2.40. The molecule has 0 saturated heterocycles. The molecule has 16 heavy (non-hydrogen) atoms. The zero-order valence-electron chi connectivity index (χ0n) is 10.3. The van der Waals surface area contributed by atoms with Crippen molar-refractivity contribution >= 4 is 15.9 Å². The topological polar surface area (TPSA) is 3.24 Å². The van der Waals surface area contributed by atoms with E-state index in [1.165, 1.54) is 24.9 Å². The minimum atomic E-state index is 0.817. The third-order valence-electron chi connectivity index (χ3n) is 2.90. The van der Waals surface area contributed by atoms with Crippen molar-refractivity contribution < 1.29 is 0 Å². The maximum absolute atomic E-state index is 3.50. The molecule has 0 spiro atoms. The summed E-state index contributed by atoms with van der Waals surface area (Å²) in [5.41, 5.74) is 1.40. The summed E-state index contributed by atoms with van der Waals surface area (Å²) >= 11 is 3.50. The Kier molecular flexibility index (Phi) is 6.74. The van der Waals surface area contributed by atoms with E-state index in [1.807, 2.05) is 0 Å². The Morgan fingerprint density at radius 1 is 1.19 bits per heavy atom. The zero-order chi connectivity index (χ0) is 11.8. The van der Waals surface area contributed by atoms with Gasteiger partial charge in [-0.3, -0.25) is 0 Å². The largest absolute Gasteiger partial charge is 0.302 e. The zero-order valence-corrected chi connectivity index (χ0v) is 11.9. The number of nitrogens with zero attached hydrogens (tertiary/aromatic N) is 1. The second kappa shape index (κ2) is 7.86. The molecule has 0 heterocycles. The molecule has 1 unspecified atom stereocenters. The highest BCUT2D eigenvalue weighted by atomic mass is 79.9. The maximum Gasteiger partial charge on any atom is 0.0230 e. The van der Waals surface area contributed by atoms with E-state index in [0.717, 1.165) is 17.8 Å². The van der Waals surface area contributed by atoms with Crippen molar-refractivity contribution in [3.8, 4) is 0 Å². The van der Waals surface area contributed by atoms with Crippen LogP contribution in [-0.2, 0) is 6.54 Å². The van der Waals surface area contributed by atoms with Crippen LogP contribution in [0, 0.1) is 5.92 Å². The third-order valence-corrected chi connectivity index (χ3v) is 3.36. The number of hydrogen-bond donors (Lipinski definition) is 0. The molecule has 0 bridgehead atoms. The van der Waals surface area contributed by atoms with Gasteiger partial charge in [-0.05, 0) is 37.9 Å². The van der Waals surface area contributed by atoms with Crippen LogP contribution in [0.15, 0.2) is 30.3 Å². The molecule has 0 N–H and O–H groups in total. The molecule has 1 nitrogen and oxygen atoms in total. The Bertz CT molecular complexity index is 273. The van der Waals surface area contributed by atoms with Gasteiger partial charge in [-0.2, -0.15) is 0 Å². The molecule has 1 rings (SSSR count). The summed E-state index contributed by atoms with van der Waals surface area (Å²) in [5.74, 6) is 0.817. The van der Waals surface area contributed by atoms with Crippen molar-refractivity contribution in [1.29, 1.82) is 0 Å². The van der Waals surface area contributed by atoms with Gasteiger partial charge >= 0.3 is 0 Å². The van der Waals surface area contributed by atoms with Gasteiger partial charge in [0.05, 0.1) is 0 Å². The summed E-state index contributed by atoms with van der Waals surface area (Å²) in [6, 6.07) is 10.7. The van der Waals surface area contributed by atoms with Crippen molar-refractivity contribution in [3.63, 3.8) is 0 Å². The summed E-state index contributed by atoms with van der Waals surface area (Å²) in [6.45, 7) is 4.57. The number of alkyl halides is 1. The molecule has 2 heteroatoms. The van der Waals surface area contributed by atoms with Crippen molar-refractivity contribution in [3.05, 3.63) is 35.9 Å². The predicted molar refractivity (Wildman–Crippen MR) is 75.0 cm³/mol. The molecular weight excluding hydrogens is 262 g/mol.